The van der Waals surface area contributed by atoms with Crippen molar-refractivity contribution < 1.29 is 4.21 Å². The van der Waals surface area contributed by atoms with E-state index >= 15 is 0 Å². The number of pyridine rings is 2. The molecule has 1 aliphatic heterocycles. The van der Waals surface area contributed by atoms with Crippen molar-refractivity contribution in [3.63, 3.8) is 0 Å². The van der Waals surface area contributed by atoms with E-state index in [0.717, 1.165) is 33.6 Å². The van der Waals surface area contributed by atoms with Crippen LogP contribution in [0.15, 0.2) is 55.2 Å². The summed E-state index contributed by atoms with van der Waals surface area (Å²) in [5.41, 5.74) is 5.14. The van der Waals surface area contributed by atoms with Crippen LogP contribution < -0.4 is 4.90 Å². The van der Waals surface area contributed by atoms with Crippen LogP contribution in [-0.4, -0.2) is 53.2 Å². The Labute approximate surface area is 168 Å². The van der Waals surface area contributed by atoms with E-state index in [1.165, 1.54) is 0 Å². The number of anilines is 1. The van der Waals surface area contributed by atoms with Gasteiger partial charge in [-0.3, -0.25) is 9.46 Å². The lowest BCUT2D eigenvalue weighted by Gasteiger charge is -2.29. The zero-order valence-corrected chi connectivity index (χ0v) is 16.8. The highest BCUT2D eigenvalue weighted by molar-refractivity contribution is 7.92. The molecule has 148 valence electrons. The van der Waals surface area contributed by atoms with E-state index in [1.807, 2.05) is 48.5 Å². The summed E-state index contributed by atoms with van der Waals surface area (Å²) in [4.78, 5) is 6.75. The first-order valence-corrected chi connectivity index (χ1v) is 11.3. The van der Waals surface area contributed by atoms with Gasteiger partial charge in [0.05, 0.1) is 11.7 Å². The Morgan fingerprint density at radius 3 is 2.52 bits per heavy atom. The van der Waals surface area contributed by atoms with Gasteiger partial charge in [0.1, 0.15) is 5.82 Å². The summed E-state index contributed by atoms with van der Waals surface area (Å²) in [6, 6.07) is 8.19. The van der Waals surface area contributed by atoms with Gasteiger partial charge in [-0.25, -0.2) is 13.7 Å². The SMILES string of the molecule is Cn1cc(-c2cc(-c3ccc(N4CCS(=N)(=O)CC4)nc3)c3ccnn3c2)cn1. The van der Waals surface area contributed by atoms with Gasteiger partial charge in [0.2, 0.25) is 0 Å². The largest absolute Gasteiger partial charge is 0.355 e. The second-order valence-corrected chi connectivity index (χ2v) is 9.76. The number of hydrogen-bond donors (Lipinski definition) is 1. The fraction of sp³-hybridized carbons (Fsp3) is 0.250. The minimum atomic E-state index is -2.41. The Bertz CT molecular complexity index is 1270. The van der Waals surface area contributed by atoms with Crippen LogP contribution in [0.4, 0.5) is 5.82 Å². The van der Waals surface area contributed by atoms with Gasteiger partial charge < -0.3 is 4.90 Å². The van der Waals surface area contributed by atoms with Crippen molar-refractivity contribution >= 4 is 21.1 Å². The van der Waals surface area contributed by atoms with Gasteiger partial charge in [-0.1, -0.05) is 0 Å². The molecule has 0 unspecified atom stereocenters. The highest BCUT2D eigenvalue weighted by Gasteiger charge is 2.20. The van der Waals surface area contributed by atoms with Crippen LogP contribution in [0.1, 0.15) is 0 Å². The normalized spacial score (nSPS) is 16.4. The van der Waals surface area contributed by atoms with Gasteiger partial charge in [-0.05, 0) is 24.3 Å². The molecule has 1 fully saturated rings. The first-order valence-electron chi connectivity index (χ1n) is 9.40. The standard InChI is InChI=1S/C20H21N7OS/c1-25-13-17(12-24-25)16-10-18(19-4-5-23-27(19)14-16)15-2-3-20(22-11-15)26-6-8-29(21,28)9-7-26/h2-5,10-14,21H,6-9H2,1H3. The maximum absolute atomic E-state index is 11.9. The summed E-state index contributed by atoms with van der Waals surface area (Å²) in [7, 11) is -0.506. The van der Waals surface area contributed by atoms with E-state index in [4.69, 9.17) is 4.78 Å². The van der Waals surface area contributed by atoms with Crippen molar-refractivity contribution in [2.45, 2.75) is 0 Å². The summed E-state index contributed by atoms with van der Waals surface area (Å²) in [5, 5.41) is 8.69. The molecular weight excluding hydrogens is 386 g/mol. The van der Waals surface area contributed by atoms with Crippen LogP contribution in [0.5, 0.6) is 0 Å². The number of aromatic nitrogens is 5. The number of aryl methyl sites for hydroxylation is 1. The van der Waals surface area contributed by atoms with Crippen molar-refractivity contribution in [2.75, 3.05) is 29.5 Å². The minimum Gasteiger partial charge on any atom is -0.355 e. The molecular formula is C20H21N7OS. The topological polar surface area (TPSA) is 92.2 Å². The molecule has 4 aromatic rings. The molecule has 4 aromatic heterocycles. The fourth-order valence-corrected chi connectivity index (χ4v) is 4.91. The van der Waals surface area contributed by atoms with Gasteiger partial charge in [0.15, 0.2) is 0 Å². The highest BCUT2D eigenvalue weighted by atomic mass is 32.2. The van der Waals surface area contributed by atoms with Crippen LogP contribution >= 0.6 is 0 Å². The zero-order chi connectivity index (χ0) is 20.0. The van der Waals surface area contributed by atoms with E-state index in [-0.39, 0.29) is 0 Å². The first kappa shape index (κ1) is 17.9. The summed E-state index contributed by atoms with van der Waals surface area (Å²) in [6.45, 7) is 1.22. The second kappa shape index (κ2) is 6.70. The molecule has 1 aliphatic rings. The van der Waals surface area contributed by atoms with Gasteiger partial charge in [-0.2, -0.15) is 10.2 Å². The van der Waals surface area contributed by atoms with Crippen molar-refractivity contribution in [1.82, 2.24) is 24.4 Å². The molecule has 1 N–H and O–H groups in total. The lowest BCUT2D eigenvalue weighted by Crippen LogP contribution is -2.40. The number of hydrogen-bond acceptors (Lipinski definition) is 6. The van der Waals surface area contributed by atoms with Crippen molar-refractivity contribution in [1.29, 1.82) is 4.78 Å². The third-order valence-corrected chi connectivity index (χ3v) is 6.99. The molecule has 1 saturated heterocycles. The Hall–Kier alpha value is -3.20. The lowest BCUT2D eigenvalue weighted by atomic mass is 10.0. The maximum Gasteiger partial charge on any atom is 0.128 e. The van der Waals surface area contributed by atoms with Crippen LogP contribution in [-0.2, 0) is 16.8 Å². The number of rotatable bonds is 3. The predicted octanol–water partition coefficient (Wildman–Crippen LogP) is 2.66. The molecule has 8 nitrogen and oxygen atoms in total. The Morgan fingerprint density at radius 1 is 1.00 bits per heavy atom. The third kappa shape index (κ3) is 3.38. The molecule has 0 aromatic carbocycles. The van der Waals surface area contributed by atoms with Gasteiger partial charge in [0.25, 0.3) is 0 Å². The predicted molar refractivity (Wildman–Crippen MR) is 113 cm³/mol. The molecule has 9 heteroatoms. The lowest BCUT2D eigenvalue weighted by molar-refractivity contribution is 0.663. The highest BCUT2D eigenvalue weighted by Crippen LogP contribution is 2.30. The summed E-state index contributed by atoms with van der Waals surface area (Å²) >= 11 is 0. The van der Waals surface area contributed by atoms with Crippen molar-refractivity contribution in [2.24, 2.45) is 7.05 Å². The van der Waals surface area contributed by atoms with E-state index in [0.29, 0.717) is 24.6 Å². The molecule has 5 rings (SSSR count). The molecule has 0 spiro atoms. The molecule has 0 saturated carbocycles. The molecule has 0 atom stereocenters. The Balaban J connectivity index is 1.51. The third-order valence-electron chi connectivity index (χ3n) is 5.31. The zero-order valence-electron chi connectivity index (χ0n) is 16.0. The van der Waals surface area contributed by atoms with Gasteiger partial charge in [-0.15, -0.1) is 0 Å². The van der Waals surface area contributed by atoms with Crippen LogP contribution in [0, 0.1) is 4.78 Å². The number of nitrogens with one attached hydrogen (secondary N) is 1. The van der Waals surface area contributed by atoms with Crippen LogP contribution in [0.3, 0.4) is 0 Å². The van der Waals surface area contributed by atoms with E-state index in [2.05, 4.69) is 32.2 Å². The molecule has 0 aliphatic carbocycles. The number of fused-ring (bicyclic) bond motifs is 1. The van der Waals surface area contributed by atoms with Crippen LogP contribution in [0.25, 0.3) is 27.8 Å². The maximum atomic E-state index is 11.9. The van der Waals surface area contributed by atoms with E-state index in [1.54, 1.807) is 10.9 Å². The monoisotopic (exact) mass is 407 g/mol. The summed E-state index contributed by atoms with van der Waals surface area (Å²) in [5.74, 6) is 1.66. The summed E-state index contributed by atoms with van der Waals surface area (Å²) in [6.07, 6.45) is 9.49. The Morgan fingerprint density at radius 2 is 1.83 bits per heavy atom. The van der Waals surface area contributed by atoms with Crippen molar-refractivity contribution in [3.8, 4) is 22.3 Å². The average molecular weight is 408 g/mol. The van der Waals surface area contributed by atoms with Gasteiger partial charge >= 0.3 is 0 Å². The molecule has 0 amide bonds. The molecule has 0 bridgehead atoms. The molecule has 5 heterocycles. The average Bonchev–Trinajstić information content (AvgIpc) is 3.36. The minimum absolute atomic E-state index is 0.403. The fourth-order valence-electron chi connectivity index (χ4n) is 3.68. The quantitative estimate of drug-likeness (QED) is 0.564. The van der Waals surface area contributed by atoms with E-state index < -0.39 is 9.73 Å². The van der Waals surface area contributed by atoms with Gasteiger partial charge in [0, 0.05) is 88.4 Å². The number of nitrogens with zero attached hydrogens (tertiary/aromatic N) is 6. The van der Waals surface area contributed by atoms with E-state index in [9.17, 15) is 4.21 Å². The summed E-state index contributed by atoms with van der Waals surface area (Å²) < 4.78 is 23.3. The smallest absolute Gasteiger partial charge is 0.128 e. The molecule has 0 radical (unpaired) electrons. The molecule has 29 heavy (non-hydrogen) atoms. The van der Waals surface area contributed by atoms with Crippen LogP contribution in [0.2, 0.25) is 0 Å². The van der Waals surface area contributed by atoms with Crippen molar-refractivity contribution in [3.05, 3.63) is 55.2 Å². The Kier molecular flexibility index (Phi) is 4.13. The first-order chi connectivity index (χ1) is 14.0. The second-order valence-electron chi connectivity index (χ2n) is 7.32.